The van der Waals surface area contributed by atoms with E-state index < -0.39 is 0 Å². The number of nitrogens with two attached hydrogens (primary N) is 1. The zero-order valence-corrected chi connectivity index (χ0v) is 13.0. The molecule has 1 rings (SSSR count). The van der Waals surface area contributed by atoms with Gasteiger partial charge >= 0.3 is 5.97 Å². The average molecular weight is 292 g/mol. The third-order valence-corrected chi connectivity index (χ3v) is 3.09. The van der Waals surface area contributed by atoms with Gasteiger partial charge in [0.05, 0.1) is 20.0 Å². The first kappa shape index (κ1) is 17.0. The maximum absolute atomic E-state index is 12.4. The second kappa shape index (κ2) is 8.29. The maximum Gasteiger partial charge on any atom is 0.307 e. The summed E-state index contributed by atoms with van der Waals surface area (Å²) in [5.74, 6) is 0.0550. The van der Waals surface area contributed by atoms with Crippen LogP contribution in [0.2, 0.25) is 0 Å². The fourth-order valence-electron chi connectivity index (χ4n) is 2.01. The van der Waals surface area contributed by atoms with Gasteiger partial charge in [-0.05, 0) is 23.6 Å². The minimum absolute atomic E-state index is 0.0115. The molecule has 0 aliphatic heterocycles. The Balaban J connectivity index is 2.65. The Labute approximate surface area is 126 Å². The van der Waals surface area contributed by atoms with Gasteiger partial charge in [-0.15, -0.1) is 0 Å². The van der Waals surface area contributed by atoms with Gasteiger partial charge in [0, 0.05) is 18.8 Å². The SMILES string of the molecule is COC(=O)CCN(CC(C)C)C(=O)Cc1ccc(N)cc1. The lowest BCUT2D eigenvalue weighted by Gasteiger charge is -2.24. The van der Waals surface area contributed by atoms with E-state index in [1.807, 2.05) is 26.0 Å². The number of rotatable bonds is 7. The Morgan fingerprint density at radius 3 is 2.38 bits per heavy atom. The number of carbonyl (C=O) groups is 2. The molecule has 116 valence electrons. The van der Waals surface area contributed by atoms with Crippen LogP contribution in [-0.4, -0.2) is 37.0 Å². The molecule has 0 atom stereocenters. The van der Waals surface area contributed by atoms with Gasteiger partial charge in [-0.3, -0.25) is 9.59 Å². The summed E-state index contributed by atoms with van der Waals surface area (Å²) in [6, 6.07) is 7.26. The zero-order chi connectivity index (χ0) is 15.8. The molecule has 1 amide bonds. The van der Waals surface area contributed by atoms with Crippen molar-refractivity contribution in [2.24, 2.45) is 5.92 Å². The molecular formula is C16H24N2O3. The monoisotopic (exact) mass is 292 g/mol. The minimum Gasteiger partial charge on any atom is -0.469 e. The van der Waals surface area contributed by atoms with Gasteiger partial charge in [-0.1, -0.05) is 26.0 Å². The topological polar surface area (TPSA) is 72.6 Å². The van der Waals surface area contributed by atoms with Crippen LogP contribution in [0.15, 0.2) is 24.3 Å². The fraction of sp³-hybridized carbons (Fsp3) is 0.500. The number of esters is 1. The Morgan fingerprint density at radius 1 is 1.24 bits per heavy atom. The van der Waals surface area contributed by atoms with Crippen molar-refractivity contribution in [1.82, 2.24) is 4.90 Å². The number of carbonyl (C=O) groups excluding carboxylic acids is 2. The molecule has 0 fully saturated rings. The summed E-state index contributed by atoms with van der Waals surface area (Å²) in [6.07, 6.45) is 0.533. The summed E-state index contributed by atoms with van der Waals surface area (Å²) in [5.41, 5.74) is 7.23. The molecule has 0 spiro atoms. The van der Waals surface area contributed by atoms with E-state index in [-0.39, 0.29) is 18.3 Å². The molecule has 0 heterocycles. The lowest BCUT2D eigenvalue weighted by Crippen LogP contribution is -2.37. The summed E-state index contributed by atoms with van der Waals surface area (Å²) >= 11 is 0. The number of nitrogen functional groups attached to an aromatic ring is 1. The predicted octanol–water partition coefficient (Wildman–Crippen LogP) is 1.86. The van der Waals surface area contributed by atoms with Gasteiger partial charge in [0.15, 0.2) is 0 Å². The van der Waals surface area contributed by atoms with Crippen molar-refractivity contribution in [2.45, 2.75) is 26.7 Å². The maximum atomic E-state index is 12.4. The van der Waals surface area contributed by atoms with Crippen LogP contribution < -0.4 is 5.73 Å². The van der Waals surface area contributed by atoms with Crippen LogP contribution in [0.25, 0.3) is 0 Å². The van der Waals surface area contributed by atoms with Crippen LogP contribution >= 0.6 is 0 Å². The highest BCUT2D eigenvalue weighted by atomic mass is 16.5. The quantitative estimate of drug-likeness (QED) is 0.615. The Kier molecular flexibility index (Phi) is 6.72. The summed E-state index contributed by atoms with van der Waals surface area (Å²) in [4.78, 5) is 25.3. The van der Waals surface area contributed by atoms with Gasteiger partial charge in [0.1, 0.15) is 0 Å². The molecule has 0 bridgehead atoms. The Morgan fingerprint density at radius 2 is 1.86 bits per heavy atom. The highest BCUT2D eigenvalue weighted by Crippen LogP contribution is 2.09. The van der Waals surface area contributed by atoms with E-state index >= 15 is 0 Å². The van der Waals surface area contributed by atoms with Gasteiger partial charge in [-0.25, -0.2) is 0 Å². The molecule has 1 aromatic carbocycles. The fourth-order valence-corrected chi connectivity index (χ4v) is 2.01. The molecule has 0 aliphatic carbocycles. The normalized spacial score (nSPS) is 10.5. The second-order valence-electron chi connectivity index (χ2n) is 5.48. The molecule has 5 nitrogen and oxygen atoms in total. The first-order chi connectivity index (χ1) is 9.92. The Hall–Kier alpha value is -2.04. The number of methoxy groups -OCH3 is 1. The largest absolute Gasteiger partial charge is 0.469 e. The molecule has 0 saturated carbocycles. The van der Waals surface area contributed by atoms with Crippen LogP contribution in [0.3, 0.4) is 0 Å². The average Bonchev–Trinajstić information content (AvgIpc) is 2.45. The molecule has 0 aromatic heterocycles. The van der Waals surface area contributed by atoms with E-state index in [4.69, 9.17) is 5.73 Å². The number of ether oxygens (including phenoxy) is 1. The molecule has 2 N–H and O–H groups in total. The van der Waals surface area contributed by atoms with E-state index in [9.17, 15) is 9.59 Å². The number of hydrogen-bond donors (Lipinski definition) is 1. The lowest BCUT2D eigenvalue weighted by atomic mass is 10.1. The van der Waals surface area contributed by atoms with Crippen molar-refractivity contribution in [2.75, 3.05) is 25.9 Å². The first-order valence-electron chi connectivity index (χ1n) is 7.11. The molecule has 0 saturated heterocycles. The molecule has 0 aliphatic rings. The minimum atomic E-state index is -0.302. The number of amides is 1. The number of hydrogen-bond acceptors (Lipinski definition) is 4. The van der Waals surface area contributed by atoms with Crippen molar-refractivity contribution in [1.29, 1.82) is 0 Å². The van der Waals surface area contributed by atoms with E-state index in [1.165, 1.54) is 7.11 Å². The summed E-state index contributed by atoms with van der Waals surface area (Å²) in [5, 5.41) is 0. The molecule has 21 heavy (non-hydrogen) atoms. The molecule has 0 unspecified atom stereocenters. The van der Waals surface area contributed by atoms with Crippen molar-refractivity contribution < 1.29 is 14.3 Å². The van der Waals surface area contributed by atoms with Crippen LogP contribution in [0.1, 0.15) is 25.8 Å². The standard InChI is InChI=1S/C16H24N2O3/c1-12(2)11-18(9-8-16(20)21-3)15(19)10-13-4-6-14(17)7-5-13/h4-7,12H,8-11,17H2,1-3H3. The molecule has 1 aromatic rings. The van der Waals surface area contributed by atoms with Crippen LogP contribution in [0.4, 0.5) is 5.69 Å². The second-order valence-corrected chi connectivity index (χ2v) is 5.48. The van der Waals surface area contributed by atoms with Gasteiger partial charge in [-0.2, -0.15) is 0 Å². The van der Waals surface area contributed by atoms with E-state index in [0.29, 0.717) is 31.1 Å². The molecule has 5 heteroatoms. The van der Waals surface area contributed by atoms with Gasteiger partial charge in [0.2, 0.25) is 5.91 Å². The summed E-state index contributed by atoms with van der Waals surface area (Å²) in [6.45, 7) is 5.10. The lowest BCUT2D eigenvalue weighted by molar-refractivity contribution is -0.141. The number of nitrogens with zero attached hydrogens (tertiary/aromatic N) is 1. The number of anilines is 1. The van der Waals surface area contributed by atoms with E-state index in [0.717, 1.165) is 5.56 Å². The van der Waals surface area contributed by atoms with Gasteiger partial charge in [0.25, 0.3) is 0 Å². The van der Waals surface area contributed by atoms with Crippen LogP contribution in [0.5, 0.6) is 0 Å². The van der Waals surface area contributed by atoms with Crippen molar-refractivity contribution in [3.8, 4) is 0 Å². The smallest absolute Gasteiger partial charge is 0.307 e. The zero-order valence-electron chi connectivity index (χ0n) is 13.0. The number of benzene rings is 1. The third-order valence-electron chi connectivity index (χ3n) is 3.09. The van der Waals surface area contributed by atoms with Gasteiger partial charge < -0.3 is 15.4 Å². The highest BCUT2D eigenvalue weighted by molar-refractivity contribution is 5.79. The first-order valence-corrected chi connectivity index (χ1v) is 7.11. The Bertz CT molecular complexity index is 469. The van der Waals surface area contributed by atoms with Crippen LogP contribution in [-0.2, 0) is 20.7 Å². The van der Waals surface area contributed by atoms with Crippen molar-refractivity contribution >= 4 is 17.6 Å². The molecular weight excluding hydrogens is 268 g/mol. The van der Waals surface area contributed by atoms with Crippen molar-refractivity contribution in [3.63, 3.8) is 0 Å². The highest BCUT2D eigenvalue weighted by Gasteiger charge is 2.16. The summed E-state index contributed by atoms with van der Waals surface area (Å²) in [7, 11) is 1.35. The third kappa shape index (κ3) is 6.29. The van der Waals surface area contributed by atoms with E-state index in [2.05, 4.69) is 4.74 Å². The predicted molar refractivity (Wildman–Crippen MR) is 82.6 cm³/mol. The summed E-state index contributed by atoms with van der Waals surface area (Å²) < 4.78 is 4.63. The van der Waals surface area contributed by atoms with Crippen LogP contribution in [0, 0.1) is 5.92 Å². The molecule has 0 radical (unpaired) electrons. The van der Waals surface area contributed by atoms with E-state index in [1.54, 1.807) is 17.0 Å². The van der Waals surface area contributed by atoms with Crippen molar-refractivity contribution in [3.05, 3.63) is 29.8 Å².